The first-order valence-corrected chi connectivity index (χ1v) is 45.6. The Morgan fingerprint density at radius 3 is 1.23 bits per heavy atom. The fourth-order valence-electron chi connectivity index (χ4n) is 21.3. The number of ether oxygens (including phenoxy) is 1. The number of benzene rings is 5. The summed E-state index contributed by atoms with van der Waals surface area (Å²) in [5.74, 6) is 1.98. The normalized spacial score (nSPS) is 24.0. The van der Waals surface area contributed by atoms with E-state index >= 15 is 0 Å². The van der Waals surface area contributed by atoms with E-state index in [2.05, 4.69) is 69.3 Å². The number of urea groups is 1. The molecule has 4 amide bonds. The van der Waals surface area contributed by atoms with Crippen LogP contribution in [0.25, 0.3) is 22.6 Å². The average molecular weight is 1800 g/mol. The van der Waals surface area contributed by atoms with E-state index in [-0.39, 0.29) is 63.4 Å². The van der Waals surface area contributed by atoms with Crippen LogP contribution in [-0.2, 0) is 32.2 Å². The Bertz CT molecular complexity index is 7050. The molecule has 0 radical (unpaired) electrons. The Hall–Kier alpha value is -13.8. The van der Waals surface area contributed by atoms with Crippen molar-refractivity contribution >= 4 is 90.8 Å². The van der Waals surface area contributed by atoms with Crippen LogP contribution in [0.1, 0.15) is 132 Å². The molecule has 10 atom stereocenters. The monoisotopic (exact) mass is 1800 g/mol. The first kappa shape index (κ1) is 84.1. The first-order valence-electron chi connectivity index (χ1n) is 44.1. The van der Waals surface area contributed by atoms with E-state index in [1.54, 1.807) is 88.2 Å². The molecule has 0 spiro atoms. The maximum absolute atomic E-state index is 14.7. The van der Waals surface area contributed by atoms with Crippen molar-refractivity contribution in [2.75, 3.05) is 94.4 Å². The molecular weight excluding hydrogens is 1710 g/mol. The zero-order chi connectivity index (χ0) is 90.5. The number of sulfonamides is 1. The van der Waals surface area contributed by atoms with E-state index in [1.807, 2.05) is 65.1 Å². The quantitative estimate of drug-likeness (QED) is 0.0758. The fourth-order valence-corrected chi connectivity index (χ4v) is 22.4. The largest absolute Gasteiger partial charge is 0.481 e. The molecule has 24 rings (SSSR count). The summed E-state index contributed by atoms with van der Waals surface area (Å²) in [4.78, 5) is 74.0. The standard InChI is InChI=1S/C25H21F2N5O.C24H21F2N5O2S.C23H23F2N5O.C23H26FN7O2/c1-15-2-4-16(5-3-15)24(33)29-21-14-28-32-11-9-22(30-23(21)32)31-10-8-17-13-25(17,31)19-12-18(26)6-7-20(19)27;1-15-2-5-18(6-3-15)34(32,33)29-21-14-27-31-11-9-22(28-23(21)31)30-10-8-16-13-24(16,30)19-12-17(25)4-7-20(19)26;1-14-4-7-28(13-14)22(31)17-12-26-30-9-6-20(27-21(17)30)29-8-5-15-11-23(15,29)18-10-16(24)2-3-19(18)25;1-14-3-6-29(13-14)22(32)27-18-12-26-31-8-5-19(28-20(18)31)30-7-4-15-10-23(15,30)17-9-16(24)11-25-21(17)33-2/h2-7,9,11-12,14,17H,8,10,13H2,1H3,(H,29,33);2-7,9,11-12,14,16,29H,8,10,13H2,1H3;2-3,6,9-10,12,14-15H,4-5,7-8,11,13H2,1H3;5,8-9,11-12,14-15H,3-4,6-7,10,13H2,1-2H3,(H,27,32)/t17-,25+;16-,24+;2*14-,15-,23+/m0000/s1. The second kappa shape index (κ2) is 32.1. The van der Waals surface area contributed by atoms with Gasteiger partial charge in [0.15, 0.2) is 22.6 Å². The highest BCUT2D eigenvalue weighted by atomic mass is 32.2. The molecule has 4 saturated carbocycles. The number of aromatic nitrogens is 13. The Morgan fingerprint density at radius 2 is 0.802 bits per heavy atom. The molecule has 5 aromatic carbocycles. The number of carbonyl (C=O) groups is 3. The molecule has 0 bridgehead atoms. The molecule has 0 unspecified atom stereocenters. The van der Waals surface area contributed by atoms with E-state index in [0.29, 0.717) is 129 Å². The molecule has 15 heterocycles. The number of rotatable bonds is 16. The Labute approximate surface area is 747 Å². The molecule has 10 aliphatic rings. The molecule has 131 heavy (non-hydrogen) atoms. The molecule has 672 valence electrons. The Balaban J connectivity index is 0.000000106. The predicted octanol–water partition coefficient (Wildman–Crippen LogP) is 15.8. The predicted molar refractivity (Wildman–Crippen MR) is 474 cm³/mol. The third-order valence-corrected chi connectivity index (χ3v) is 29.6. The number of halogens is 7. The third-order valence-electron chi connectivity index (χ3n) is 28.2. The van der Waals surface area contributed by atoms with Gasteiger partial charge in [0.2, 0.25) is 5.88 Å². The van der Waals surface area contributed by atoms with Crippen LogP contribution in [0.5, 0.6) is 5.88 Å². The van der Waals surface area contributed by atoms with E-state index in [4.69, 9.17) is 24.7 Å². The van der Waals surface area contributed by atoms with Gasteiger partial charge in [-0.25, -0.2) is 86.9 Å². The third kappa shape index (κ3) is 14.7. The number of aryl methyl sites for hydroxylation is 2. The molecule has 14 aromatic rings. The van der Waals surface area contributed by atoms with Crippen LogP contribution in [0.15, 0.2) is 194 Å². The van der Waals surface area contributed by atoms with Crippen molar-refractivity contribution in [1.29, 1.82) is 0 Å². The van der Waals surface area contributed by atoms with Crippen LogP contribution in [-0.4, -0.2) is 159 Å². The Morgan fingerprint density at radius 1 is 0.420 bits per heavy atom. The first-order chi connectivity index (χ1) is 63.2. The number of likely N-dealkylation sites (tertiary alicyclic amines) is 2. The van der Waals surface area contributed by atoms with Crippen molar-refractivity contribution < 1.29 is 58.3 Å². The van der Waals surface area contributed by atoms with Crippen LogP contribution in [0, 0.1) is 90.1 Å². The number of anilines is 7. The van der Waals surface area contributed by atoms with Crippen LogP contribution >= 0.6 is 0 Å². The van der Waals surface area contributed by atoms with E-state index < -0.39 is 55.7 Å². The minimum absolute atomic E-state index is 0.0550. The lowest BCUT2D eigenvalue weighted by Gasteiger charge is -2.30. The highest BCUT2D eigenvalue weighted by molar-refractivity contribution is 7.92. The summed E-state index contributed by atoms with van der Waals surface area (Å²) < 4.78 is 140. The van der Waals surface area contributed by atoms with Gasteiger partial charge in [0.25, 0.3) is 21.8 Å². The number of nitrogens with one attached hydrogen (secondary N) is 3. The number of piperidine rings is 4. The Kier molecular flexibility index (Phi) is 20.6. The van der Waals surface area contributed by atoms with Crippen molar-refractivity contribution in [3.05, 3.63) is 274 Å². The topological polar surface area (TPSA) is 284 Å². The number of fused-ring (bicyclic) bond motifs is 8. The number of nitrogens with zero attached hydrogens (tertiary/aromatic N) is 19. The number of hydrogen-bond donors (Lipinski definition) is 3. The summed E-state index contributed by atoms with van der Waals surface area (Å²) in [5, 5.41) is 23.0. The van der Waals surface area contributed by atoms with Crippen molar-refractivity contribution in [1.82, 2.24) is 73.2 Å². The number of hydrogen-bond acceptors (Lipinski definition) is 19. The highest BCUT2D eigenvalue weighted by Gasteiger charge is 2.68. The lowest BCUT2D eigenvalue weighted by Crippen LogP contribution is -2.34. The number of pyridine rings is 1. The van der Waals surface area contributed by atoms with Gasteiger partial charge < -0.3 is 44.8 Å². The summed E-state index contributed by atoms with van der Waals surface area (Å²) in [6, 6.07) is 33.4. The van der Waals surface area contributed by atoms with Gasteiger partial charge in [0.1, 0.15) is 86.6 Å². The SMILES string of the molecule is COc1ncc(F)cc1[C@@]12C[C@@H]1CCN2c1ccn2ncc(NC(=O)N3CC[C@H](C)C3)c2n1.C[C@H]1CCN(C(=O)c2cnn3ccc(N4CC[C@H]5C[C@]54c4cc(F)ccc4F)nc23)C1.Cc1ccc(C(=O)Nc2cnn3ccc(N4CC[C@H]5C[C@]54c4cc(F)ccc4F)nc23)cc1.Cc1ccc(S(=O)(=O)Nc2cnn3ccc(N4CC[C@H]5C[C@]54c4cc(F)ccc4F)nc23)cc1. The number of amides is 4. The molecular formula is C95H91F7N22O6S. The molecule has 36 heteroatoms. The number of methoxy groups -OCH3 is 1. The lowest BCUT2D eigenvalue weighted by atomic mass is 10.0. The second-order valence-electron chi connectivity index (χ2n) is 36.2. The van der Waals surface area contributed by atoms with Crippen molar-refractivity contribution in [3.8, 4) is 5.88 Å². The molecule has 9 aromatic heterocycles. The smallest absolute Gasteiger partial charge is 0.321 e. The lowest BCUT2D eigenvalue weighted by molar-refractivity contribution is 0.0789. The summed E-state index contributed by atoms with van der Waals surface area (Å²) in [7, 11) is -2.28. The van der Waals surface area contributed by atoms with Gasteiger partial charge in [0.05, 0.1) is 65.1 Å². The molecule has 3 N–H and O–H groups in total. The summed E-state index contributed by atoms with van der Waals surface area (Å²) in [6.45, 7) is 14.0. The zero-order valence-electron chi connectivity index (χ0n) is 72.1. The van der Waals surface area contributed by atoms with Crippen LogP contribution in [0.3, 0.4) is 0 Å². The van der Waals surface area contributed by atoms with Gasteiger partial charge in [-0.3, -0.25) is 14.3 Å². The van der Waals surface area contributed by atoms with Crippen LogP contribution in [0.4, 0.5) is 75.9 Å². The summed E-state index contributed by atoms with van der Waals surface area (Å²) in [5.41, 5.74) is 5.96. The molecule has 4 aliphatic carbocycles. The second-order valence-corrected chi connectivity index (χ2v) is 37.9. The zero-order valence-corrected chi connectivity index (χ0v) is 72.9. The summed E-state index contributed by atoms with van der Waals surface area (Å²) in [6.07, 6.45) is 23.2. The highest BCUT2D eigenvalue weighted by Crippen LogP contribution is 2.68. The van der Waals surface area contributed by atoms with Gasteiger partial charge in [0, 0.05) is 105 Å². The van der Waals surface area contributed by atoms with E-state index in [0.717, 1.165) is 137 Å². The number of carbonyl (C=O) groups excluding carboxylic acids is 3. The van der Waals surface area contributed by atoms with Gasteiger partial charge in [-0.1, -0.05) is 49.2 Å². The fraction of sp³-hybridized carbons (Fsp3) is 0.347. The van der Waals surface area contributed by atoms with Gasteiger partial charge in [-0.05, 0) is 223 Å². The average Bonchev–Trinajstić information content (AvgIpc) is 1.54. The molecule has 6 aliphatic heterocycles. The van der Waals surface area contributed by atoms with Crippen LogP contribution < -0.4 is 39.7 Å². The van der Waals surface area contributed by atoms with Gasteiger partial charge >= 0.3 is 6.03 Å². The minimum Gasteiger partial charge on any atom is -0.481 e. The molecule has 10 fully saturated rings. The molecule has 28 nitrogen and oxygen atoms in total. The van der Waals surface area contributed by atoms with Gasteiger partial charge in [-0.15, -0.1) is 0 Å². The maximum atomic E-state index is 14.7. The van der Waals surface area contributed by atoms with Crippen molar-refractivity contribution in [2.24, 2.45) is 35.5 Å². The van der Waals surface area contributed by atoms with Crippen LogP contribution in [0.2, 0.25) is 0 Å². The molecule has 6 saturated heterocycles. The van der Waals surface area contributed by atoms with Gasteiger partial charge in [-0.2, -0.15) is 20.4 Å². The minimum atomic E-state index is -3.84. The summed E-state index contributed by atoms with van der Waals surface area (Å²) >= 11 is 0. The van der Waals surface area contributed by atoms with E-state index in [1.165, 1.54) is 65.4 Å². The van der Waals surface area contributed by atoms with E-state index in [9.17, 15) is 53.5 Å². The maximum Gasteiger partial charge on any atom is 0.321 e. The van der Waals surface area contributed by atoms with Crippen molar-refractivity contribution in [2.45, 2.75) is 119 Å². The van der Waals surface area contributed by atoms with Crippen molar-refractivity contribution in [3.63, 3.8) is 0 Å².